The average molecular weight is 375 g/mol. The Bertz CT molecular complexity index is 1060. The molecule has 6 nitrogen and oxygen atoms in total. The Morgan fingerprint density at radius 3 is 2.63 bits per heavy atom. The van der Waals surface area contributed by atoms with Gasteiger partial charge in [0.2, 0.25) is 0 Å². The number of fused-ring (bicyclic) bond motifs is 1. The van der Waals surface area contributed by atoms with Crippen LogP contribution in [0.3, 0.4) is 0 Å². The smallest absolute Gasteiger partial charge is 0.323 e. The minimum atomic E-state index is -0.276. The number of thiophene rings is 1. The molecule has 0 aliphatic rings. The molecule has 0 bridgehead atoms. The van der Waals surface area contributed by atoms with E-state index in [-0.39, 0.29) is 6.03 Å². The standard InChI is InChI=1S/C20H17N5OS/c26-20(24-15-6-2-1-3-7-15)25-16-8-4-5-14(11-16)12-21-19-18-17(9-10-27-18)22-13-23-19/h1-11,13H,12H2,(H,21,22,23)(H2,24,25,26). The number of nitrogens with zero attached hydrogens (tertiary/aromatic N) is 2. The number of rotatable bonds is 5. The first-order valence-corrected chi connectivity index (χ1v) is 9.30. The largest absolute Gasteiger partial charge is 0.365 e. The Hall–Kier alpha value is -3.45. The number of carbonyl (C=O) groups excluding carboxylic acids is 1. The summed E-state index contributed by atoms with van der Waals surface area (Å²) in [4.78, 5) is 20.7. The van der Waals surface area contributed by atoms with Crippen molar-refractivity contribution in [3.05, 3.63) is 77.9 Å². The van der Waals surface area contributed by atoms with Gasteiger partial charge in [-0.05, 0) is 41.3 Å². The zero-order valence-electron chi connectivity index (χ0n) is 14.3. The van der Waals surface area contributed by atoms with Gasteiger partial charge in [0.15, 0.2) is 0 Å². The molecule has 27 heavy (non-hydrogen) atoms. The molecule has 0 unspecified atom stereocenters. The molecule has 134 valence electrons. The van der Waals surface area contributed by atoms with Crippen LogP contribution in [0.15, 0.2) is 72.4 Å². The van der Waals surface area contributed by atoms with Crippen LogP contribution in [0.25, 0.3) is 10.2 Å². The minimum absolute atomic E-state index is 0.276. The van der Waals surface area contributed by atoms with Gasteiger partial charge < -0.3 is 16.0 Å². The maximum absolute atomic E-state index is 12.1. The maximum atomic E-state index is 12.1. The summed E-state index contributed by atoms with van der Waals surface area (Å²) in [7, 11) is 0. The van der Waals surface area contributed by atoms with E-state index in [0.29, 0.717) is 6.54 Å². The van der Waals surface area contributed by atoms with Crippen molar-refractivity contribution in [2.75, 3.05) is 16.0 Å². The molecule has 7 heteroatoms. The van der Waals surface area contributed by atoms with Crippen LogP contribution in [0.5, 0.6) is 0 Å². The quantitative estimate of drug-likeness (QED) is 0.461. The van der Waals surface area contributed by atoms with Crippen molar-refractivity contribution in [2.45, 2.75) is 6.54 Å². The topological polar surface area (TPSA) is 78.9 Å². The SMILES string of the molecule is O=C(Nc1ccccc1)Nc1cccc(CNc2ncnc3ccsc23)c1. The molecule has 2 heterocycles. The number of aromatic nitrogens is 2. The van der Waals surface area contributed by atoms with E-state index < -0.39 is 0 Å². The maximum Gasteiger partial charge on any atom is 0.323 e. The molecular weight excluding hydrogens is 358 g/mol. The highest BCUT2D eigenvalue weighted by atomic mass is 32.1. The molecule has 0 radical (unpaired) electrons. The molecule has 2 amide bonds. The van der Waals surface area contributed by atoms with E-state index in [0.717, 1.165) is 33.0 Å². The van der Waals surface area contributed by atoms with Crippen molar-refractivity contribution in [1.82, 2.24) is 9.97 Å². The lowest BCUT2D eigenvalue weighted by atomic mass is 10.2. The molecule has 4 aromatic rings. The number of nitrogens with one attached hydrogen (secondary N) is 3. The summed E-state index contributed by atoms with van der Waals surface area (Å²) in [6.45, 7) is 0.597. The lowest BCUT2D eigenvalue weighted by molar-refractivity contribution is 0.262. The van der Waals surface area contributed by atoms with E-state index in [9.17, 15) is 4.79 Å². The highest BCUT2D eigenvalue weighted by molar-refractivity contribution is 7.17. The van der Waals surface area contributed by atoms with Gasteiger partial charge in [0.25, 0.3) is 0 Å². The van der Waals surface area contributed by atoms with Crippen LogP contribution in [-0.4, -0.2) is 16.0 Å². The monoisotopic (exact) mass is 375 g/mol. The molecule has 4 rings (SSSR count). The molecule has 0 aliphatic heterocycles. The molecule has 0 spiro atoms. The summed E-state index contributed by atoms with van der Waals surface area (Å²) in [5, 5.41) is 11.0. The molecule has 0 aliphatic carbocycles. The first-order chi connectivity index (χ1) is 13.3. The van der Waals surface area contributed by atoms with E-state index >= 15 is 0 Å². The van der Waals surface area contributed by atoms with E-state index in [4.69, 9.17) is 0 Å². The third kappa shape index (κ3) is 4.21. The predicted octanol–water partition coefficient (Wildman–Crippen LogP) is 4.95. The van der Waals surface area contributed by atoms with Gasteiger partial charge in [-0.3, -0.25) is 0 Å². The average Bonchev–Trinajstić information content (AvgIpc) is 3.17. The molecule has 0 atom stereocenters. The minimum Gasteiger partial charge on any atom is -0.365 e. The van der Waals surface area contributed by atoms with Crippen LogP contribution in [0.1, 0.15) is 5.56 Å². The van der Waals surface area contributed by atoms with Crippen LogP contribution in [0.4, 0.5) is 22.0 Å². The van der Waals surface area contributed by atoms with Crippen LogP contribution >= 0.6 is 11.3 Å². The van der Waals surface area contributed by atoms with Gasteiger partial charge in [0.1, 0.15) is 12.1 Å². The summed E-state index contributed by atoms with van der Waals surface area (Å²) in [5.41, 5.74) is 3.45. The van der Waals surface area contributed by atoms with Crippen molar-refractivity contribution in [2.24, 2.45) is 0 Å². The van der Waals surface area contributed by atoms with E-state index in [1.165, 1.54) is 0 Å². The highest BCUT2D eigenvalue weighted by Gasteiger charge is 2.06. The van der Waals surface area contributed by atoms with Crippen molar-refractivity contribution in [1.29, 1.82) is 0 Å². The van der Waals surface area contributed by atoms with Crippen LogP contribution in [0.2, 0.25) is 0 Å². The zero-order chi connectivity index (χ0) is 18.5. The third-order valence-corrected chi connectivity index (χ3v) is 4.83. The van der Waals surface area contributed by atoms with Gasteiger partial charge in [0.05, 0.1) is 10.2 Å². The van der Waals surface area contributed by atoms with Crippen molar-refractivity contribution in [3.8, 4) is 0 Å². The normalized spacial score (nSPS) is 10.5. The summed E-state index contributed by atoms with van der Waals surface area (Å²) < 4.78 is 1.04. The Morgan fingerprint density at radius 1 is 0.926 bits per heavy atom. The summed E-state index contributed by atoms with van der Waals surface area (Å²) >= 11 is 1.61. The van der Waals surface area contributed by atoms with Crippen molar-refractivity contribution >= 4 is 44.8 Å². The number of urea groups is 1. The number of hydrogen-bond acceptors (Lipinski definition) is 5. The first kappa shape index (κ1) is 17.0. The number of carbonyl (C=O) groups is 1. The van der Waals surface area contributed by atoms with E-state index in [1.807, 2.05) is 66.0 Å². The number of hydrogen-bond donors (Lipinski definition) is 3. The van der Waals surface area contributed by atoms with Gasteiger partial charge in [-0.1, -0.05) is 30.3 Å². The Labute approximate surface area is 160 Å². The Balaban J connectivity index is 1.40. The third-order valence-electron chi connectivity index (χ3n) is 3.92. The van der Waals surface area contributed by atoms with Crippen LogP contribution in [-0.2, 0) is 6.54 Å². The summed E-state index contributed by atoms with van der Waals surface area (Å²) in [6.07, 6.45) is 1.56. The molecule has 0 fully saturated rings. The first-order valence-electron chi connectivity index (χ1n) is 8.42. The van der Waals surface area contributed by atoms with Gasteiger partial charge >= 0.3 is 6.03 Å². The number of amides is 2. The lowest BCUT2D eigenvalue weighted by Crippen LogP contribution is -2.19. The second-order valence-corrected chi connectivity index (χ2v) is 6.77. The summed E-state index contributed by atoms with van der Waals surface area (Å²) in [6, 6.07) is 18.7. The molecule has 2 aromatic carbocycles. The van der Waals surface area contributed by atoms with Gasteiger partial charge in [0, 0.05) is 17.9 Å². The molecule has 2 aromatic heterocycles. The molecule has 3 N–H and O–H groups in total. The summed E-state index contributed by atoms with van der Waals surface area (Å²) in [5.74, 6) is 0.815. The fourth-order valence-corrected chi connectivity index (χ4v) is 3.49. The Morgan fingerprint density at radius 2 is 1.74 bits per heavy atom. The zero-order valence-corrected chi connectivity index (χ0v) is 15.2. The second-order valence-electron chi connectivity index (χ2n) is 5.86. The van der Waals surface area contributed by atoms with E-state index in [1.54, 1.807) is 17.7 Å². The molecular formula is C20H17N5OS. The number of anilines is 3. The van der Waals surface area contributed by atoms with Gasteiger partial charge in [-0.15, -0.1) is 11.3 Å². The molecule has 0 saturated heterocycles. The Kier molecular flexibility index (Phi) is 4.93. The lowest BCUT2D eigenvalue weighted by Gasteiger charge is -2.10. The number of benzene rings is 2. The number of para-hydroxylation sites is 1. The van der Waals surface area contributed by atoms with Crippen molar-refractivity contribution in [3.63, 3.8) is 0 Å². The highest BCUT2D eigenvalue weighted by Crippen LogP contribution is 2.25. The van der Waals surface area contributed by atoms with Gasteiger partial charge in [-0.25, -0.2) is 14.8 Å². The fourth-order valence-electron chi connectivity index (χ4n) is 2.67. The molecule has 0 saturated carbocycles. The van der Waals surface area contributed by atoms with Crippen LogP contribution < -0.4 is 16.0 Å². The van der Waals surface area contributed by atoms with Crippen molar-refractivity contribution < 1.29 is 4.79 Å². The second kappa shape index (κ2) is 7.84. The fraction of sp³-hybridized carbons (Fsp3) is 0.0500. The predicted molar refractivity (Wildman–Crippen MR) is 110 cm³/mol. The van der Waals surface area contributed by atoms with Gasteiger partial charge in [-0.2, -0.15) is 0 Å². The van der Waals surface area contributed by atoms with E-state index in [2.05, 4.69) is 25.9 Å². The van der Waals surface area contributed by atoms with Crippen LogP contribution in [0, 0.1) is 0 Å².